The van der Waals surface area contributed by atoms with Gasteiger partial charge < -0.3 is 15.2 Å². The molecule has 1 fully saturated rings. The van der Waals surface area contributed by atoms with E-state index in [4.69, 9.17) is 4.74 Å². The van der Waals surface area contributed by atoms with Crippen LogP contribution in [0.2, 0.25) is 0 Å². The molecule has 1 atom stereocenters. The van der Waals surface area contributed by atoms with E-state index in [1.807, 2.05) is 6.07 Å². The molecular formula is C16H25NO2. The molecule has 0 saturated carbocycles. The van der Waals surface area contributed by atoms with Crippen molar-refractivity contribution in [2.45, 2.75) is 51.5 Å². The van der Waals surface area contributed by atoms with E-state index >= 15 is 0 Å². The van der Waals surface area contributed by atoms with Crippen molar-refractivity contribution in [1.29, 1.82) is 0 Å². The molecule has 106 valence electrons. The summed E-state index contributed by atoms with van der Waals surface area (Å²) in [5.41, 5.74) is 2.22. The van der Waals surface area contributed by atoms with Gasteiger partial charge >= 0.3 is 0 Å². The van der Waals surface area contributed by atoms with Gasteiger partial charge in [0.05, 0.1) is 7.11 Å². The number of nitrogens with one attached hydrogen (secondary N) is 1. The summed E-state index contributed by atoms with van der Waals surface area (Å²) in [4.78, 5) is 0. The van der Waals surface area contributed by atoms with Crippen molar-refractivity contribution in [1.82, 2.24) is 5.32 Å². The molecule has 0 spiro atoms. The third-order valence-corrected chi connectivity index (χ3v) is 3.94. The van der Waals surface area contributed by atoms with Gasteiger partial charge in [-0.15, -0.1) is 0 Å². The lowest BCUT2D eigenvalue weighted by Gasteiger charge is -2.24. The first kappa shape index (κ1) is 14.2. The summed E-state index contributed by atoms with van der Waals surface area (Å²) in [6.07, 6.45) is 4.60. The first-order chi connectivity index (χ1) is 9.11. The van der Waals surface area contributed by atoms with Crippen LogP contribution >= 0.6 is 0 Å². The van der Waals surface area contributed by atoms with Crippen molar-refractivity contribution in [3.63, 3.8) is 0 Å². The minimum atomic E-state index is 0.305. The lowest BCUT2D eigenvalue weighted by atomic mass is 9.93. The molecule has 0 aliphatic carbocycles. The monoisotopic (exact) mass is 263 g/mol. The van der Waals surface area contributed by atoms with Crippen molar-refractivity contribution in [2.75, 3.05) is 13.7 Å². The maximum atomic E-state index is 10.3. The van der Waals surface area contributed by atoms with Crippen LogP contribution < -0.4 is 10.1 Å². The van der Waals surface area contributed by atoms with Gasteiger partial charge in [0, 0.05) is 6.04 Å². The summed E-state index contributed by atoms with van der Waals surface area (Å²) in [5.74, 6) is 1.34. The zero-order chi connectivity index (χ0) is 13.8. The second-order valence-corrected chi connectivity index (χ2v) is 5.74. The summed E-state index contributed by atoms with van der Waals surface area (Å²) in [6, 6.07) is 4.54. The second-order valence-electron chi connectivity index (χ2n) is 5.74. The molecule has 3 heteroatoms. The van der Waals surface area contributed by atoms with Crippen LogP contribution in [0.1, 0.15) is 50.2 Å². The molecule has 19 heavy (non-hydrogen) atoms. The number of hydrogen-bond donors (Lipinski definition) is 2. The zero-order valence-electron chi connectivity index (χ0n) is 12.2. The number of rotatable bonds is 4. The first-order valence-corrected chi connectivity index (χ1v) is 7.25. The predicted octanol–water partition coefficient (Wildman–Crippen LogP) is 3.21. The third-order valence-electron chi connectivity index (χ3n) is 3.94. The van der Waals surface area contributed by atoms with E-state index in [9.17, 15) is 5.11 Å². The van der Waals surface area contributed by atoms with Crippen LogP contribution in [0.3, 0.4) is 0 Å². The van der Waals surface area contributed by atoms with Crippen molar-refractivity contribution in [3.05, 3.63) is 23.3 Å². The molecular weight excluding hydrogens is 238 g/mol. The average Bonchev–Trinajstić information content (AvgIpc) is 2.42. The second kappa shape index (κ2) is 6.29. The van der Waals surface area contributed by atoms with Crippen LogP contribution in [0, 0.1) is 0 Å². The first-order valence-electron chi connectivity index (χ1n) is 7.25. The largest absolute Gasteiger partial charge is 0.504 e. The van der Waals surface area contributed by atoms with Crippen LogP contribution in [-0.4, -0.2) is 24.8 Å². The summed E-state index contributed by atoms with van der Waals surface area (Å²) in [5, 5.41) is 13.8. The van der Waals surface area contributed by atoms with Gasteiger partial charge in [-0.1, -0.05) is 26.3 Å². The number of phenols is 1. The van der Waals surface area contributed by atoms with E-state index in [1.54, 1.807) is 7.11 Å². The minimum absolute atomic E-state index is 0.305. The van der Waals surface area contributed by atoms with Crippen molar-refractivity contribution >= 4 is 0 Å². The molecule has 1 aliphatic rings. The lowest BCUT2D eigenvalue weighted by Crippen LogP contribution is -2.35. The van der Waals surface area contributed by atoms with Crippen molar-refractivity contribution in [2.24, 2.45) is 0 Å². The summed E-state index contributed by atoms with van der Waals surface area (Å²) < 4.78 is 5.30. The molecule has 1 aromatic carbocycles. The summed E-state index contributed by atoms with van der Waals surface area (Å²) in [7, 11) is 1.61. The fourth-order valence-corrected chi connectivity index (χ4v) is 2.70. The predicted molar refractivity (Wildman–Crippen MR) is 78.1 cm³/mol. The maximum absolute atomic E-state index is 10.3. The molecule has 0 radical (unpaired) electrons. The molecule has 0 bridgehead atoms. The van der Waals surface area contributed by atoms with Crippen LogP contribution in [0.15, 0.2) is 12.1 Å². The summed E-state index contributed by atoms with van der Waals surface area (Å²) >= 11 is 0. The van der Waals surface area contributed by atoms with E-state index in [0.717, 1.165) is 18.5 Å². The van der Waals surface area contributed by atoms with Crippen LogP contribution in [0.4, 0.5) is 0 Å². The Balaban J connectivity index is 2.24. The van der Waals surface area contributed by atoms with Gasteiger partial charge in [-0.25, -0.2) is 0 Å². The zero-order valence-corrected chi connectivity index (χ0v) is 12.2. The number of aromatic hydroxyl groups is 1. The van der Waals surface area contributed by atoms with Crippen LogP contribution in [-0.2, 0) is 6.42 Å². The molecule has 3 nitrogen and oxygen atoms in total. The molecule has 2 rings (SSSR count). The number of benzene rings is 1. The SMILES string of the molecule is COc1cc(C(C)C)cc(CC2CCCCN2)c1O. The van der Waals surface area contributed by atoms with Crippen LogP contribution in [0.25, 0.3) is 0 Å². The molecule has 2 N–H and O–H groups in total. The Labute approximate surface area is 116 Å². The minimum Gasteiger partial charge on any atom is -0.504 e. The molecule has 1 unspecified atom stereocenters. The van der Waals surface area contributed by atoms with Crippen molar-refractivity contribution < 1.29 is 9.84 Å². The highest BCUT2D eigenvalue weighted by Crippen LogP contribution is 2.35. The number of phenolic OH excluding ortho intramolecular Hbond substituents is 1. The Morgan fingerprint density at radius 1 is 1.37 bits per heavy atom. The third kappa shape index (κ3) is 3.41. The Kier molecular flexibility index (Phi) is 4.70. The molecule has 0 aromatic heterocycles. The highest BCUT2D eigenvalue weighted by atomic mass is 16.5. The Bertz CT molecular complexity index is 423. The molecule has 1 aromatic rings. The Hall–Kier alpha value is -1.22. The molecule has 0 amide bonds. The van der Waals surface area contributed by atoms with Gasteiger partial charge in [0.15, 0.2) is 11.5 Å². The van der Waals surface area contributed by atoms with E-state index in [2.05, 4.69) is 25.2 Å². The van der Waals surface area contributed by atoms with E-state index in [-0.39, 0.29) is 0 Å². The van der Waals surface area contributed by atoms with Gasteiger partial charge in [0.25, 0.3) is 0 Å². The van der Waals surface area contributed by atoms with Gasteiger partial charge in [-0.05, 0) is 48.9 Å². The highest BCUT2D eigenvalue weighted by molar-refractivity contribution is 5.49. The number of hydrogen-bond acceptors (Lipinski definition) is 3. The topological polar surface area (TPSA) is 41.5 Å². The molecule has 1 saturated heterocycles. The van der Waals surface area contributed by atoms with Gasteiger partial charge in [0.2, 0.25) is 0 Å². The van der Waals surface area contributed by atoms with E-state index in [0.29, 0.717) is 23.5 Å². The number of ether oxygens (including phenoxy) is 1. The van der Waals surface area contributed by atoms with E-state index < -0.39 is 0 Å². The fraction of sp³-hybridized carbons (Fsp3) is 0.625. The quantitative estimate of drug-likeness (QED) is 0.876. The van der Waals surface area contributed by atoms with Gasteiger partial charge in [-0.2, -0.15) is 0 Å². The fourth-order valence-electron chi connectivity index (χ4n) is 2.70. The average molecular weight is 263 g/mol. The lowest BCUT2D eigenvalue weighted by molar-refractivity contribution is 0.361. The molecule has 1 aliphatic heterocycles. The van der Waals surface area contributed by atoms with Gasteiger partial charge in [0.1, 0.15) is 0 Å². The number of piperidine rings is 1. The Morgan fingerprint density at radius 2 is 2.16 bits per heavy atom. The highest BCUT2D eigenvalue weighted by Gasteiger charge is 2.18. The standard InChI is InChI=1S/C16H25NO2/c1-11(2)12-8-13(16(18)15(10-12)19-3)9-14-6-4-5-7-17-14/h8,10-11,14,17-18H,4-7,9H2,1-3H3. The van der Waals surface area contributed by atoms with Crippen LogP contribution in [0.5, 0.6) is 11.5 Å². The Morgan fingerprint density at radius 3 is 2.74 bits per heavy atom. The number of methoxy groups -OCH3 is 1. The summed E-state index contributed by atoms with van der Waals surface area (Å²) in [6.45, 7) is 5.41. The van der Waals surface area contributed by atoms with Crippen molar-refractivity contribution in [3.8, 4) is 11.5 Å². The molecule has 1 heterocycles. The normalized spacial score (nSPS) is 19.7. The smallest absolute Gasteiger partial charge is 0.161 e. The van der Waals surface area contributed by atoms with Gasteiger partial charge in [-0.3, -0.25) is 0 Å². The van der Waals surface area contributed by atoms with E-state index in [1.165, 1.54) is 24.8 Å². The maximum Gasteiger partial charge on any atom is 0.161 e.